The number of nitrogens with one attached hydrogen (secondary N) is 1. The van der Waals surface area contributed by atoms with Crippen LogP contribution in [0.1, 0.15) is 11.1 Å². The maximum atomic E-state index is 14.9. The number of H-pyrrole nitrogens is 1. The molecule has 0 amide bonds. The number of benzene rings is 2. The first-order valence-corrected chi connectivity index (χ1v) is 9.43. The molecule has 0 spiro atoms. The molecule has 0 aliphatic rings. The third-order valence-corrected chi connectivity index (χ3v) is 5.01. The minimum atomic E-state index is -1.13. The number of aryl methyl sites for hydroxylation is 1. The Morgan fingerprint density at radius 1 is 1.00 bits per heavy atom. The lowest BCUT2D eigenvalue weighted by molar-refractivity contribution is 0.269. The van der Waals surface area contributed by atoms with Crippen molar-refractivity contribution in [2.75, 3.05) is 14.2 Å². The molecule has 166 valence electrons. The molecule has 0 saturated heterocycles. The fourth-order valence-electron chi connectivity index (χ4n) is 3.37. The minimum absolute atomic E-state index is 0.000872. The number of methoxy groups -OCH3 is 2. The molecule has 1 N–H and O–H groups in total. The summed E-state index contributed by atoms with van der Waals surface area (Å²) >= 11 is 0. The summed E-state index contributed by atoms with van der Waals surface area (Å²) in [7, 11) is 2.61. The van der Waals surface area contributed by atoms with Crippen molar-refractivity contribution in [3.8, 4) is 22.9 Å². The number of fused-ring (bicyclic) bond motifs is 1. The first kappa shape index (κ1) is 21.3. The van der Waals surface area contributed by atoms with Gasteiger partial charge in [-0.15, -0.1) is 0 Å². The third-order valence-electron chi connectivity index (χ3n) is 5.01. The molecule has 0 unspecified atom stereocenters. The van der Waals surface area contributed by atoms with E-state index in [1.807, 2.05) is 0 Å². The van der Waals surface area contributed by atoms with E-state index >= 15 is 0 Å². The van der Waals surface area contributed by atoms with Crippen LogP contribution >= 0.6 is 0 Å². The highest BCUT2D eigenvalue weighted by Gasteiger charge is 2.20. The Bertz CT molecular complexity index is 1380. The lowest BCUT2D eigenvalue weighted by Crippen LogP contribution is -2.16. The summed E-state index contributed by atoms with van der Waals surface area (Å²) in [5, 5.41) is 0. The molecule has 0 saturated carbocycles. The molecule has 0 aliphatic heterocycles. The predicted octanol–water partition coefficient (Wildman–Crippen LogP) is 4.04. The van der Waals surface area contributed by atoms with Gasteiger partial charge in [0.05, 0.1) is 31.0 Å². The second-order valence-corrected chi connectivity index (χ2v) is 6.88. The number of aromatic nitrogens is 3. The van der Waals surface area contributed by atoms with Crippen LogP contribution in [-0.4, -0.2) is 28.8 Å². The fraction of sp³-hybridized carbons (Fsp3) is 0.182. The van der Waals surface area contributed by atoms with E-state index in [1.165, 1.54) is 32.5 Å². The van der Waals surface area contributed by atoms with Crippen LogP contribution < -0.4 is 19.9 Å². The number of hydrogen-bond acceptors (Lipinski definition) is 5. The normalized spacial score (nSPS) is 11.1. The van der Waals surface area contributed by atoms with Crippen molar-refractivity contribution in [2.24, 2.45) is 0 Å². The van der Waals surface area contributed by atoms with Gasteiger partial charge in [-0.1, -0.05) is 0 Å². The van der Waals surface area contributed by atoms with Gasteiger partial charge in [0.2, 0.25) is 0 Å². The van der Waals surface area contributed by atoms with Crippen LogP contribution in [0.5, 0.6) is 17.2 Å². The van der Waals surface area contributed by atoms with E-state index in [-0.39, 0.29) is 34.1 Å². The summed E-state index contributed by atoms with van der Waals surface area (Å²) < 4.78 is 59.8. The van der Waals surface area contributed by atoms with Crippen LogP contribution in [0.2, 0.25) is 0 Å². The second-order valence-electron chi connectivity index (χ2n) is 6.88. The highest BCUT2D eigenvalue weighted by molar-refractivity contribution is 5.76. The number of halogens is 3. The molecular weight excluding hydrogens is 427 g/mol. The number of ether oxygens (including phenoxy) is 3. The van der Waals surface area contributed by atoms with Crippen LogP contribution in [0.15, 0.2) is 41.3 Å². The molecule has 2 aromatic carbocycles. The van der Waals surface area contributed by atoms with E-state index in [1.54, 1.807) is 13.0 Å². The number of imidazole rings is 1. The largest absolute Gasteiger partial charge is 0.496 e. The molecule has 2 heterocycles. The Kier molecular flexibility index (Phi) is 5.52. The summed E-state index contributed by atoms with van der Waals surface area (Å²) in [6, 6.07) is 6.18. The average molecular weight is 445 g/mol. The van der Waals surface area contributed by atoms with Crippen molar-refractivity contribution in [1.82, 2.24) is 14.5 Å². The van der Waals surface area contributed by atoms with Crippen molar-refractivity contribution >= 4 is 11.2 Å². The van der Waals surface area contributed by atoms with E-state index in [2.05, 4.69) is 9.97 Å². The molecule has 0 aliphatic carbocycles. The maximum Gasteiger partial charge on any atom is 0.332 e. The van der Waals surface area contributed by atoms with E-state index in [9.17, 15) is 18.0 Å². The molecular formula is C22H18F3N3O4. The quantitative estimate of drug-likeness (QED) is 0.485. The van der Waals surface area contributed by atoms with Crippen LogP contribution in [-0.2, 0) is 6.61 Å². The smallest absolute Gasteiger partial charge is 0.332 e. The molecule has 0 atom stereocenters. The monoisotopic (exact) mass is 445 g/mol. The van der Waals surface area contributed by atoms with Gasteiger partial charge in [0, 0.05) is 18.3 Å². The lowest BCUT2D eigenvalue weighted by atomic mass is 10.2. The van der Waals surface area contributed by atoms with Crippen LogP contribution in [0.25, 0.3) is 16.9 Å². The SMILES string of the molecule is COc1cc(F)c(-n2c(=O)[nH]c3c(C)ccnc32)cc1OCc1c(OC)ccc(F)c1F. The van der Waals surface area contributed by atoms with E-state index in [0.717, 1.165) is 22.3 Å². The lowest BCUT2D eigenvalue weighted by Gasteiger charge is -2.15. The van der Waals surface area contributed by atoms with Gasteiger partial charge in [0.25, 0.3) is 0 Å². The van der Waals surface area contributed by atoms with Gasteiger partial charge >= 0.3 is 5.69 Å². The van der Waals surface area contributed by atoms with Crippen molar-refractivity contribution in [3.63, 3.8) is 0 Å². The summed E-state index contributed by atoms with van der Waals surface area (Å²) in [5.41, 5.74) is 0.521. The first-order chi connectivity index (χ1) is 15.3. The Morgan fingerprint density at radius 2 is 1.75 bits per heavy atom. The molecule has 0 fully saturated rings. The van der Waals surface area contributed by atoms with Crippen molar-refractivity contribution in [1.29, 1.82) is 0 Å². The van der Waals surface area contributed by atoms with Crippen LogP contribution in [0.3, 0.4) is 0 Å². The van der Waals surface area contributed by atoms with E-state index < -0.39 is 29.7 Å². The molecule has 4 aromatic rings. The standard InChI is InChI=1S/C22H18F3N3O4/c1-11-6-7-26-21-20(11)27-22(29)28(21)15-9-18(17(31-3)8-14(15)24)32-10-12-16(30-2)5-4-13(23)19(12)25/h4-9H,10H2,1-3H3,(H,27,29). The summed E-state index contributed by atoms with van der Waals surface area (Å²) in [6.45, 7) is 1.35. The van der Waals surface area contributed by atoms with Gasteiger partial charge in [-0.2, -0.15) is 0 Å². The zero-order valence-electron chi connectivity index (χ0n) is 17.3. The molecule has 10 heteroatoms. The highest BCUT2D eigenvalue weighted by Crippen LogP contribution is 2.34. The molecule has 4 rings (SSSR count). The van der Waals surface area contributed by atoms with E-state index in [4.69, 9.17) is 14.2 Å². The molecule has 0 radical (unpaired) electrons. The Balaban J connectivity index is 1.81. The fourth-order valence-corrected chi connectivity index (χ4v) is 3.37. The Hall–Kier alpha value is -3.95. The zero-order chi connectivity index (χ0) is 23.0. The van der Waals surface area contributed by atoms with Gasteiger partial charge in [0.1, 0.15) is 12.4 Å². The highest BCUT2D eigenvalue weighted by atomic mass is 19.2. The topological polar surface area (TPSA) is 78.4 Å². The zero-order valence-corrected chi connectivity index (χ0v) is 17.3. The number of pyridine rings is 1. The first-order valence-electron chi connectivity index (χ1n) is 9.43. The van der Waals surface area contributed by atoms with Gasteiger partial charge in [-0.3, -0.25) is 0 Å². The van der Waals surface area contributed by atoms with Gasteiger partial charge in [-0.25, -0.2) is 27.5 Å². The number of rotatable bonds is 6. The third kappa shape index (κ3) is 3.53. The second kappa shape index (κ2) is 8.29. The van der Waals surface area contributed by atoms with Gasteiger partial charge in [-0.05, 0) is 30.7 Å². The molecule has 0 bridgehead atoms. The molecule has 2 aromatic heterocycles. The summed E-state index contributed by atoms with van der Waals surface area (Å²) in [5.74, 6) is -2.88. The average Bonchev–Trinajstić information content (AvgIpc) is 3.12. The molecule has 32 heavy (non-hydrogen) atoms. The van der Waals surface area contributed by atoms with Gasteiger partial charge in [0.15, 0.2) is 34.6 Å². The molecule has 7 nitrogen and oxygen atoms in total. The maximum absolute atomic E-state index is 14.9. The minimum Gasteiger partial charge on any atom is -0.496 e. The van der Waals surface area contributed by atoms with E-state index in [0.29, 0.717) is 5.52 Å². The van der Waals surface area contributed by atoms with Crippen molar-refractivity contribution < 1.29 is 27.4 Å². The van der Waals surface area contributed by atoms with Crippen LogP contribution in [0, 0.1) is 24.4 Å². The Morgan fingerprint density at radius 3 is 2.47 bits per heavy atom. The van der Waals surface area contributed by atoms with Crippen molar-refractivity contribution in [3.05, 3.63) is 75.6 Å². The number of hydrogen-bond donors (Lipinski definition) is 1. The number of nitrogens with zero attached hydrogens (tertiary/aromatic N) is 2. The number of aromatic amines is 1. The summed E-state index contributed by atoms with van der Waals surface area (Å²) in [6.07, 6.45) is 1.50. The summed E-state index contributed by atoms with van der Waals surface area (Å²) in [4.78, 5) is 19.4. The van der Waals surface area contributed by atoms with Gasteiger partial charge < -0.3 is 19.2 Å². The van der Waals surface area contributed by atoms with Crippen LogP contribution in [0.4, 0.5) is 13.2 Å². The Labute approximate surface area is 180 Å². The predicted molar refractivity (Wildman–Crippen MR) is 110 cm³/mol. The van der Waals surface area contributed by atoms with Crippen molar-refractivity contribution in [2.45, 2.75) is 13.5 Å².